The summed E-state index contributed by atoms with van der Waals surface area (Å²) < 4.78 is 30.0. The van der Waals surface area contributed by atoms with Crippen LogP contribution in [0.5, 0.6) is 0 Å². The second-order valence-corrected chi connectivity index (χ2v) is 6.95. The van der Waals surface area contributed by atoms with Gasteiger partial charge in [-0.05, 0) is 28.1 Å². The number of hydrogen-bond donors (Lipinski definition) is 2. The molecule has 0 aliphatic carbocycles. The maximum absolute atomic E-state index is 12.2. The normalized spacial score (nSPS) is 11.6. The van der Waals surface area contributed by atoms with Gasteiger partial charge in [-0.25, -0.2) is 17.9 Å². The van der Waals surface area contributed by atoms with E-state index in [-0.39, 0.29) is 36.1 Å². The highest BCUT2D eigenvalue weighted by Crippen LogP contribution is 2.27. The number of aromatic nitrogens is 2. The van der Waals surface area contributed by atoms with Crippen molar-refractivity contribution >= 4 is 49.4 Å². The van der Waals surface area contributed by atoms with Crippen LogP contribution in [0.1, 0.15) is 0 Å². The van der Waals surface area contributed by atoms with Crippen LogP contribution >= 0.6 is 28.3 Å². The summed E-state index contributed by atoms with van der Waals surface area (Å²) in [5, 5.41) is 0. The van der Waals surface area contributed by atoms with Crippen molar-refractivity contribution in [1.82, 2.24) is 13.9 Å². The zero-order chi connectivity index (χ0) is 15.1. The van der Waals surface area contributed by atoms with E-state index in [4.69, 9.17) is 5.73 Å². The smallest absolute Gasteiger partial charge is 0.328 e. The lowest BCUT2D eigenvalue weighted by molar-refractivity contribution is 0.582. The third kappa shape index (κ3) is 3.16. The highest BCUT2D eigenvalue weighted by molar-refractivity contribution is 9.10. The summed E-state index contributed by atoms with van der Waals surface area (Å²) in [6.07, 6.45) is 0. The van der Waals surface area contributed by atoms with Gasteiger partial charge in [-0.3, -0.25) is 9.13 Å². The van der Waals surface area contributed by atoms with E-state index in [0.717, 1.165) is 0 Å². The molecule has 0 fully saturated rings. The lowest BCUT2D eigenvalue weighted by atomic mass is 10.3. The van der Waals surface area contributed by atoms with Gasteiger partial charge in [0.15, 0.2) is 0 Å². The molecule has 0 atom stereocenters. The highest BCUT2D eigenvalue weighted by Gasteiger charge is 2.20. The van der Waals surface area contributed by atoms with Gasteiger partial charge in [0.1, 0.15) is 0 Å². The summed E-state index contributed by atoms with van der Waals surface area (Å²) in [6, 6.07) is 3.09. The zero-order valence-corrected chi connectivity index (χ0v) is 14.7. The van der Waals surface area contributed by atoms with E-state index in [0.29, 0.717) is 15.5 Å². The molecule has 1 aromatic heterocycles. The van der Waals surface area contributed by atoms with Crippen molar-refractivity contribution < 1.29 is 8.42 Å². The maximum atomic E-state index is 12.2. The number of halogens is 2. The Morgan fingerprint density at radius 3 is 2.29 bits per heavy atom. The Morgan fingerprint density at radius 2 is 1.76 bits per heavy atom. The Labute approximate surface area is 136 Å². The Balaban J connectivity index is 0.00000220. The fourth-order valence-corrected chi connectivity index (χ4v) is 4.07. The third-order valence-electron chi connectivity index (χ3n) is 3.05. The summed E-state index contributed by atoms with van der Waals surface area (Å²) in [5.74, 6) is 0. The third-order valence-corrected chi connectivity index (χ3v) is 5.47. The van der Waals surface area contributed by atoms with E-state index < -0.39 is 10.0 Å². The first-order valence-electron chi connectivity index (χ1n) is 5.84. The minimum absolute atomic E-state index is 0. The van der Waals surface area contributed by atoms with Crippen molar-refractivity contribution in [1.29, 1.82) is 0 Å². The molecule has 0 radical (unpaired) electrons. The topological polar surface area (TPSA) is 99.1 Å². The molecule has 3 N–H and O–H groups in total. The van der Waals surface area contributed by atoms with Crippen molar-refractivity contribution in [2.45, 2.75) is 4.90 Å². The van der Waals surface area contributed by atoms with Crippen LogP contribution in [0.3, 0.4) is 0 Å². The monoisotopic (exact) mass is 398 g/mol. The van der Waals surface area contributed by atoms with Crippen LogP contribution in [0.4, 0.5) is 0 Å². The lowest BCUT2D eigenvalue weighted by Crippen LogP contribution is -2.29. The number of benzene rings is 1. The van der Waals surface area contributed by atoms with Crippen LogP contribution in [0.2, 0.25) is 0 Å². The molecule has 2 aromatic rings. The molecule has 7 nitrogen and oxygen atoms in total. The van der Waals surface area contributed by atoms with Crippen LogP contribution in [-0.4, -0.2) is 30.6 Å². The Bertz CT molecular complexity index is 828. The van der Waals surface area contributed by atoms with E-state index in [1.807, 2.05) is 0 Å². The second kappa shape index (κ2) is 6.49. The van der Waals surface area contributed by atoms with Crippen LogP contribution < -0.4 is 16.1 Å². The van der Waals surface area contributed by atoms with E-state index >= 15 is 0 Å². The number of nitrogens with zero attached hydrogens (tertiary/aromatic N) is 2. The van der Waals surface area contributed by atoms with Gasteiger partial charge in [0.25, 0.3) is 0 Å². The molecule has 2 rings (SSSR count). The van der Waals surface area contributed by atoms with Crippen LogP contribution in [0, 0.1) is 0 Å². The predicted octanol–water partition coefficient (Wildman–Crippen LogP) is 0.298. The first-order chi connectivity index (χ1) is 9.29. The largest absolute Gasteiger partial charge is 0.329 e. The predicted molar refractivity (Wildman–Crippen MR) is 87.4 cm³/mol. The minimum atomic E-state index is -3.67. The van der Waals surface area contributed by atoms with Gasteiger partial charge < -0.3 is 5.73 Å². The molecule has 10 heteroatoms. The molecule has 21 heavy (non-hydrogen) atoms. The summed E-state index contributed by atoms with van der Waals surface area (Å²) in [7, 11) is -0.430. The van der Waals surface area contributed by atoms with Gasteiger partial charge in [-0.2, -0.15) is 0 Å². The standard InChI is InChI=1S/C11H15BrN4O3S.ClH/c1-15-8-5-7(12)10(20(18,19)14-4-3-13)6-9(8)16(2)11(15)17;/h5-6,14H,3-4,13H2,1-2H3;1H. The van der Waals surface area contributed by atoms with Gasteiger partial charge in [0.2, 0.25) is 10.0 Å². The van der Waals surface area contributed by atoms with Crippen molar-refractivity contribution in [3.8, 4) is 0 Å². The SMILES string of the molecule is Cl.Cn1c(=O)n(C)c2cc(S(=O)(=O)NCCN)c(Br)cc21. The van der Waals surface area contributed by atoms with E-state index in [1.54, 1.807) is 20.2 Å². The van der Waals surface area contributed by atoms with Crippen LogP contribution in [0.25, 0.3) is 11.0 Å². The summed E-state index contributed by atoms with van der Waals surface area (Å²) in [5.41, 5.74) is 6.30. The van der Waals surface area contributed by atoms with Gasteiger partial charge in [-0.15, -0.1) is 12.4 Å². The number of imidazole rings is 1. The van der Waals surface area contributed by atoms with Crippen LogP contribution in [0.15, 0.2) is 26.3 Å². The van der Waals surface area contributed by atoms with Crippen molar-refractivity contribution in [3.05, 3.63) is 27.1 Å². The van der Waals surface area contributed by atoms with Gasteiger partial charge in [0, 0.05) is 31.7 Å². The average molecular weight is 400 g/mol. The number of rotatable bonds is 4. The number of nitrogens with two attached hydrogens (primary N) is 1. The van der Waals surface area contributed by atoms with Crippen molar-refractivity contribution in [2.75, 3.05) is 13.1 Å². The maximum Gasteiger partial charge on any atom is 0.328 e. The summed E-state index contributed by atoms with van der Waals surface area (Å²) >= 11 is 3.24. The van der Waals surface area contributed by atoms with Gasteiger partial charge in [-0.1, -0.05) is 0 Å². The Hall–Kier alpha value is -0.870. The molecule has 0 amide bonds. The number of aryl methyl sites for hydroxylation is 2. The molecule has 0 spiro atoms. The Kier molecular flexibility index (Phi) is 5.62. The van der Waals surface area contributed by atoms with Crippen molar-refractivity contribution in [3.63, 3.8) is 0 Å². The molecule has 1 aromatic carbocycles. The van der Waals surface area contributed by atoms with Crippen LogP contribution in [-0.2, 0) is 24.1 Å². The molecule has 0 unspecified atom stereocenters. The first-order valence-corrected chi connectivity index (χ1v) is 8.12. The fourth-order valence-electron chi connectivity index (χ4n) is 1.98. The van der Waals surface area contributed by atoms with Gasteiger partial charge in [0.05, 0.1) is 15.9 Å². The van der Waals surface area contributed by atoms with E-state index in [2.05, 4.69) is 20.7 Å². The molecule has 1 heterocycles. The molecule has 0 aliphatic rings. The molecule has 0 bridgehead atoms. The molecule has 118 valence electrons. The zero-order valence-electron chi connectivity index (χ0n) is 11.5. The first kappa shape index (κ1) is 18.2. The summed E-state index contributed by atoms with van der Waals surface area (Å²) in [4.78, 5) is 11.9. The lowest BCUT2D eigenvalue weighted by Gasteiger charge is -2.08. The molecular formula is C11H16BrClN4O3S. The number of sulfonamides is 1. The van der Waals surface area contributed by atoms with E-state index in [9.17, 15) is 13.2 Å². The van der Waals surface area contributed by atoms with Crippen molar-refractivity contribution in [2.24, 2.45) is 19.8 Å². The number of fused-ring (bicyclic) bond motifs is 1. The summed E-state index contributed by atoms with van der Waals surface area (Å²) in [6.45, 7) is 0.365. The fraction of sp³-hybridized carbons (Fsp3) is 0.364. The minimum Gasteiger partial charge on any atom is -0.329 e. The molecule has 0 aliphatic heterocycles. The quantitative estimate of drug-likeness (QED) is 0.772. The molecular weight excluding hydrogens is 384 g/mol. The second-order valence-electron chi connectivity index (χ2n) is 4.36. The highest BCUT2D eigenvalue weighted by atomic mass is 79.9. The number of hydrogen-bond acceptors (Lipinski definition) is 4. The average Bonchev–Trinajstić information content (AvgIpc) is 2.60. The molecule has 0 saturated carbocycles. The molecule has 0 saturated heterocycles. The van der Waals surface area contributed by atoms with E-state index in [1.165, 1.54) is 15.2 Å². The van der Waals surface area contributed by atoms with Gasteiger partial charge >= 0.3 is 5.69 Å². The Morgan fingerprint density at radius 1 is 1.24 bits per heavy atom. The number of nitrogens with one attached hydrogen (secondary N) is 1.